The van der Waals surface area contributed by atoms with Crippen molar-refractivity contribution in [3.63, 3.8) is 0 Å². The van der Waals surface area contributed by atoms with Crippen molar-refractivity contribution in [1.82, 2.24) is 5.32 Å². The summed E-state index contributed by atoms with van der Waals surface area (Å²) in [6.45, 7) is 2.23. The van der Waals surface area contributed by atoms with Crippen LogP contribution < -0.4 is 14.8 Å². The first-order chi connectivity index (χ1) is 11.1. The fourth-order valence-corrected chi connectivity index (χ4v) is 2.26. The Bertz CT molecular complexity index is 771. The van der Waals surface area contributed by atoms with Crippen LogP contribution in [0.4, 0.5) is 4.39 Å². The van der Waals surface area contributed by atoms with Gasteiger partial charge < -0.3 is 14.8 Å². The fourth-order valence-electron chi connectivity index (χ4n) is 2.26. The standard InChI is InChI=1S/C18H16FNO3/c1-12(8-14-4-2-3-5-15(14)19)18(21)20-10-13-6-7-16-17(9-13)23-11-22-16/h2-9H,10-11H2,1H3,(H,20,21)/b12-8+. The number of halogens is 1. The van der Waals surface area contributed by atoms with E-state index in [4.69, 9.17) is 9.47 Å². The van der Waals surface area contributed by atoms with Crippen molar-refractivity contribution < 1.29 is 18.7 Å². The predicted octanol–water partition coefficient (Wildman–Crippen LogP) is 3.27. The highest BCUT2D eigenvalue weighted by molar-refractivity contribution is 5.97. The summed E-state index contributed by atoms with van der Waals surface area (Å²) in [6, 6.07) is 11.8. The summed E-state index contributed by atoms with van der Waals surface area (Å²) < 4.78 is 24.1. The van der Waals surface area contributed by atoms with Gasteiger partial charge >= 0.3 is 0 Å². The van der Waals surface area contributed by atoms with E-state index in [-0.39, 0.29) is 18.5 Å². The molecule has 2 aromatic carbocycles. The molecular weight excluding hydrogens is 297 g/mol. The van der Waals surface area contributed by atoms with E-state index < -0.39 is 0 Å². The minimum atomic E-state index is -0.351. The molecule has 2 aromatic rings. The summed E-state index contributed by atoms with van der Waals surface area (Å²) in [5.74, 6) is 0.785. The predicted molar refractivity (Wildman–Crippen MR) is 84.5 cm³/mol. The highest BCUT2D eigenvalue weighted by Gasteiger charge is 2.13. The van der Waals surface area contributed by atoms with Gasteiger partial charge in [0.05, 0.1) is 0 Å². The van der Waals surface area contributed by atoms with Crippen LogP contribution in [0, 0.1) is 5.82 Å². The fraction of sp³-hybridized carbons (Fsp3) is 0.167. The highest BCUT2D eigenvalue weighted by atomic mass is 19.1. The lowest BCUT2D eigenvalue weighted by molar-refractivity contribution is -0.117. The molecule has 118 valence electrons. The average Bonchev–Trinajstić information content (AvgIpc) is 3.02. The highest BCUT2D eigenvalue weighted by Crippen LogP contribution is 2.32. The molecule has 0 bridgehead atoms. The molecule has 0 atom stereocenters. The molecular formula is C18H16FNO3. The third-order valence-corrected chi connectivity index (χ3v) is 3.53. The molecule has 23 heavy (non-hydrogen) atoms. The number of hydrogen-bond acceptors (Lipinski definition) is 3. The van der Waals surface area contributed by atoms with E-state index >= 15 is 0 Å². The van der Waals surface area contributed by atoms with Crippen LogP contribution in [0.1, 0.15) is 18.1 Å². The zero-order valence-corrected chi connectivity index (χ0v) is 12.6. The van der Waals surface area contributed by atoms with Crippen molar-refractivity contribution in [1.29, 1.82) is 0 Å². The molecule has 5 heteroatoms. The molecule has 1 aliphatic rings. The Morgan fingerprint density at radius 2 is 2.00 bits per heavy atom. The smallest absolute Gasteiger partial charge is 0.247 e. The number of carbonyl (C=O) groups is 1. The van der Waals surface area contributed by atoms with Gasteiger partial charge in [-0.2, -0.15) is 0 Å². The minimum Gasteiger partial charge on any atom is -0.454 e. The lowest BCUT2D eigenvalue weighted by Gasteiger charge is -2.07. The van der Waals surface area contributed by atoms with Gasteiger partial charge in [0, 0.05) is 17.7 Å². The van der Waals surface area contributed by atoms with Gasteiger partial charge in [0.25, 0.3) is 0 Å². The van der Waals surface area contributed by atoms with E-state index in [1.807, 2.05) is 18.2 Å². The van der Waals surface area contributed by atoms with E-state index in [1.165, 1.54) is 12.1 Å². The molecule has 1 N–H and O–H groups in total. The van der Waals surface area contributed by atoms with Gasteiger partial charge in [-0.05, 0) is 36.8 Å². The Hall–Kier alpha value is -2.82. The summed E-state index contributed by atoms with van der Waals surface area (Å²) >= 11 is 0. The Morgan fingerprint density at radius 1 is 1.22 bits per heavy atom. The second-order valence-electron chi connectivity index (χ2n) is 5.22. The first-order valence-electron chi connectivity index (χ1n) is 7.23. The van der Waals surface area contributed by atoms with Gasteiger partial charge in [0.2, 0.25) is 12.7 Å². The summed E-state index contributed by atoms with van der Waals surface area (Å²) in [5, 5.41) is 2.80. The molecule has 0 saturated carbocycles. The van der Waals surface area contributed by atoms with Crippen LogP contribution >= 0.6 is 0 Å². The van der Waals surface area contributed by atoms with Crippen molar-refractivity contribution in [2.45, 2.75) is 13.5 Å². The number of benzene rings is 2. The molecule has 0 radical (unpaired) electrons. The first kappa shape index (κ1) is 15.1. The zero-order chi connectivity index (χ0) is 16.2. The van der Waals surface area contributed by atoms with Crippen LogP contribution in [-0.4, -0.2) is 12.7 Å². The van der Waals surface area contributed by atoms with Crippen molar-refractivity contribution >= 4 is 12.0 Å². The van der Waals surface area contributed by atoms with Crippen LogP contribution in [0.3, 0.4) is 0 Å². The summed E-state index contributed by atoms with van der Waals surface area (Å²) in [5.41, 5.74) is 1.74. The molecule has 0 aliphatic carbocycles. The lowest BCUT2D eigenvalue weighted by atomic mass is 10.1. The van der Waals surface area contributed by atoms with E-state index in [0.717, 1.165) is 5.56 Å². The van der Waals surface area contributed by atoms with Crippen LogP contribution in [0.5, 0.6) is 11.5 Å². The molecule has 1 amide bonds. The molecule has 0 spiro atoms. The average molecular weight is 313 g/mol. The van der Waals surface area contributed by atoms with Crippen LogP contribution in [0.25, 0.3) is 6.08 Å². The Kier molecular flexibility index (Phi) is 4.28. The second kappa shape index (κ2) is 6.52. The maximum Gasteiger partial charge on any atom is 0.247 e. The van der Waals surface area contributed by atoms with Gasteiger partial charge in [-0.25, -0.2) is 4.39 Å². The molecule has 4 nitrogen and oxygen atoms in total. The van der Waals surface area contributed by atoms with Gasteiger partial charge in [-0.3, -0.25) is 4.79 Å². The maximum atomic E-state index is 13.6. The van der Waals surface area contributed by atoms with Crippen molar-refractivity contribution in [2.75, 3.05) is 6.79 Å². The van der Waals surface area contributed by atoms with Crippen LogP contribution in [0.15, 0.2) is 48.0 Å². The SMILES string of the molecule is C/C(=C\c1ccccc1F)C(=O)NCc1ccc2c(c1)OCO2. The first-order valence-corrected chi connectivity index (χ1v) is 7.23. The third-order valence-electron chi connectivity index (χ3n) is 3.53. The lowest BCUT2D eigenvalue weighted by Crippen LogP contribution is -2.23. The number of hydrogen-bond donors (Lipinski definition) is 1. The summed E-state index contributed by atoms with van der Waals surface area (Å²) in [7, 11) is 0. The van der Waals surface area contributed by atoms with E-state index in [0.29, 0.717) is 29.2 Å². The van der Waals surface area contributed by atoms with Crippen molar-refractivity contribution in [3.8, 4) is 11.5 Å². The molecule has 0 unspecified atom stereocenters. The molecule has 0 aromatic heterocycles. The quantitative estimate of drug-likeness (QED) is 0.881. The molecule has 3 rings (SSSR count). The number of amides is 1. The Balaban J connectivity index is 1.64. The molecule has 1 heterocycles. The zero-order valence-electron chi connectivity index (χ0n) is 12.6. The Morgan fingerprint density at radius 3 is 2.83 bits per heavy atom. The Labute approximate surface area is 133 Å². The number of rotatable bonds is 4. The normalized spacial score (nSPS) is 13.0. The largest absolute Gasteiger partial charge is 0.454 e. The number of nitrogens with one attached hydrogen (secondary N) is 1. The van der Waals surface area contributed by atoms with E-state index in [2.05, 4.69) is 5.32 Å². The van der Waals surface area contributed by atoms with E-state index in [9.17, 15) is 9.18 Å². The van der Waals surface area contributed by atoms with Crippen LogP contribution in [0.2, 0.25) is 0 Å². The van der Waals surface area contributed by atoms with Crippen molar-refractivity contribution in [2.24, 2.45) is 0 Å². The van der Waals surface area contributed by atoms with Crippen molar-refractivity contribution in [3.05, 3.63) is 65.0 Å². The maximum absolute atomic E-state index is 13.6. The van der Waals surface area contributed by atoms with Crippen LogP contribution in [-0.2, 0) is 11.3 Å². The monoisotopic (exact) mass is 313 g/mol. The number of ether oxygens (including phenoxy) is 2. The summed E-state index contributed by atoms with van der Waals surface area (Å²) in [6.07, 6.45) is 1.53. The third kappa shape index (κ3) is 3.51. The second-order valence-corrected chi connectivity index (χ2v) is 5.22. The van der Waals surface area contributed by atoms with Gasteiger partial charge in [0.15, 0.2) is 11.5 Å². The van der Waals surface area contributed by atoms with Gasteiger partial charge in [-0.15, -0.1) is 0 Å². The number of carbonyl (C=O) groups excluding carboxylic acids is 1. The summed E-state index contributed by atoms with van der Waals surface area (Å²) in [4.78, 5) is 12.1. The topological polar surface area (TPSA) is 47.6 Å². The molecule has 1 aliphatic heterocycles. The molecule has 0 fully saturated rings. The van der Waals surface area contributed by atoms with Gasteiger partial charge in [-0.1, -0.05) is 24.3 Å². The minimum absolute atomic E-state index is 0.218. The molecule has 0 saturated heterocycles. The number of fused-ring (bicyclic) bond motifs is 1. The van der Waals surface area contributed by atoms with E-state index in [1.54, 1.807) is 25.1 Å². The van der Waals surface area contributed by atoms with Gasteiger partial charge in [0.1, 0.15) is 5.82 Å².